The molecule has 2 fully saturated rings. The highest BCUT2D eigenvalue weighted by Gasteiger charge is 2.31. The van der Waals surface area contributed by atoms with Crippen molar-refractivity contribution in [3.05, 3.63) is 29.8 Å². The van der Waals surface area contributed by atoms with E-state index < -0.39 is 10.0 Å². The fourth-order valence-electron chi connectivity index (χ4n) is 4.52. The molecule has 2 aliphatic heterocycles. The quantitative estimate of drug-likeness (QED) is 0.768. The van der Waals surface area contributed by atoms with Gasteiger partial charge in [0.2, 0.25) is 10.0 Å². The summed E-state index contributed by atoms with van der Waals surface area (Å²) < 4.78 is 27.5. The molecule has 0 radical (unpaired) electrons. The molecular weight excluding hydrogens is 374 g/mol. The summed E-state index contributed by atoms with van der Waals surface area (Å²) >= 11 is 0. The predicted molar refractivity (Wildman–Crippen MR) is 110 cm³/mol. The summed E-state index contributed by atoms with van der Waals surface area (Å²) in [4.78, 5) is 14.4. The summed E-state index contributed by atoms with van der Waals surface area (Å²) in [6, 6.07) is 6.61. The first-order valence-electron chi connectivity index (χ1n) is 10.5. The first-order valence-corrected chi connectivity index (χ1v) is 12.0. The molecule has 2 N–H and O–H groups in total. The summed E-state index contributed by atoms with van der Waals surface area (Å²) in [5, 5.41) is 3.10. The van der Waals surface area contributed by atoms with Crippen molar-refractivity contribution < 1.29 is 18.1 Å². The fourth-order valence-corrected chi connectivity index (χ4v) is 6.20. The van der Waals surface area contributed by atoms with E-state index in [1.165, 1.54) is 0 Å². The minimum Gasteiger partial charge on any atom is -0.349 e. The highest BCUT2D eigenvalue weighted by atomic mass is 32.2. The Morgan fingerprint density at radius 1 is 1.11 bits per heavy atom. The number of hydrogen-bond acceptors (Lipinski definition) is 3. The van der Waals surface area contributed by atoms with Crippen LogP contribution < -0.4 is 10.2 Å². The van der Waals surface area contributed by atoms with Crippen molar-refractivity contribution in [2.45, 2.75) is 51.0 Å². The van der Waals surface area contributed by atoms with E-state index in [2.05, 4.69) is 26.1 Å². The first-order chi connectivity index (χ1) is 13.3. The molecule has 7 heteroatoms. The van der Waals surface area contributed by atoms with Crippen molar-refractivity contribution in [3.63, 3.8) is 0 Å². The number of carbonyl (C=O) groups is 1. The zero-order chi connectivity index (χ0) is 20.3. The second kappa shape index (κ2) is 8.93. The van der Waals surface area contributed by atoms with Crippen molar-refractivity contribution in [1.82, 2.24) is 9.62 Å². The largest absolute Gasteiger partial charge is 0.349 e. The normalized spacial score (nSPS) is 29.4. The third kappa shape index (κ3) is 4.93. The van der Waals surface area contributed by atoms with E-state index in [1.807, 2.05) is 0 Å². The van der Waals surface area contributed by atoms with Crippen LogP contribution in [0.5, 0.6) is 0 Å². The number of nitrogens with one attached hydrogen (secondary N) is 2. The molecule has 156 valence electrons. The minimum absolute atomic E-state index is 0.117. The van der Waals surface area contributed by atoms with Crippen LogP contribution in [0.1, 0.15) is 50.4 Å². The Balaban J connectivity index is 1.63. The van der Waals surface area contributed by atoms with Gasteiger partial charge in [0.25, 0.3) is 5.91 Å². The van der Waals surface area contributed by atoms with E-state index in [0.29, 0.717) is 30.5 Å². The third-order valence-corrected chi connectivity index (χ3v) is 7.96. The molecule has 0 aromatic heterocycles. The van der Waals surface area contributed by atoms with E-state index in [9.17, 15) is 13.2 Å². The van der Waals surface area contributed by atoms with Crippen molar-refractivity contribution in [2.75, 3.05) is 32.7 Å². The van der Waals surface area contributed by atoms with Crippen LogP contribution in [-0.2, 0) is 10.0 Å². The lowest BCUT2D eigenvalue weighted by Crippen LogP contribution is -3.13. The highest BCUT2D eigenvalue weighted by Crippen LogP contribution is 2.26. The van der Waals surface area contributed by atoms with Crippen LogP contribution >= 0.6 is 0 Å². The van der Waals surface area contributed by atoms with Crippen LogP contribution in [0.25, 0.3) is 0 Å². The summed E-state index contributed by atoms with van der Waals surface area (Å²) in [5.41, 5.74) is 0.518. The number of benzene rings is 1. The molecule has 2 saturated heterocycles. The Morgan fingerprint density at radius 2 is 1.68 bits per heavy atom. The van der Waals surface area contributed by atoms with Crippen LogP contribution in [-0.4, -0.2) is 57.4 Å². The topological polar surface area (TPSA) is 70.9 Å². The lowest BCUT2D eigenvalue weighted by molar-refractivity contribution is -0.903. The molecule has 2 aliphatic rings. The van der Waals surface area contributed by atoms with Crippen molar-refractivity contribution in [1.29, 1.82) is 0 Å². The molecule has 6 nitrogen and oxygen atoms in total. The Morgan fingerprint density at radius 3 is 2.21 bits per heavy atom. The number of rotatable bonds is 5. The van der Waals surface area contributed by atoms with E-state index in [-0.39, 0.29) is 16.8 Å². The van der Waals surface area contributed by atoms with Gasteiger partial charge >= 0.3 is 0 Å². The van der Waals surface area contributed by atoms with Crippen LogP contribution in [0.3, 0.4) is 0 Å². The molecule has 0 aliphatic carbocycles. The van der Waals surface area contributed by atoms with Gasteiger partial charge in [-0.2, -0.15) is 4.31 Å². The maximum Gasteiger partial charge on any atom is 0.251 e. The van der Waals surface area contributed by atoms with Crippen molar-refractivity contribution in [2.24, 2.45) is 11.8 Å². The average molecular weight is 409 g/mol. The summed E-state index contributed by atoms with van der Waals surface area (Å²) in [6.07, 6.45) is 3.04. The number of carbonyl (C=O) groups excluding carboxylic acids is 1. The monoisotopic (exact) mass is 408 g/mol. The Labute approximate surface area is 169 Å². The Hall–Kier alpha value is -1.44. The molecule has 0 bridgehead atoms. The number of nitrogens with zero attached hydrogens (tertiary/aromatic N) is 1. The summed E-state index contributed by atoms with van der Waals surface area (Å²) in [7, 11) is -3.51. The second-order valence-corrected chi connectivity index (χ2v) is 10.6. The average Bonchev–Trinajstić information content (AvgIpc) is 2.68. The van der Waals surface area contributed by atoms with Crippen molar-refractivity contribution in [3.8, 4) is 0 Å². The molecule has 0 spiro atoms. The standard InChI is InChI=1S/C21H33N3O3S/c1-4-23-11-9-19(10-12-23)22-21(25)18-5-7-20(8-6-18)28(26,27)24-14-16(2)13-17(3)15-24/h5-8,16-17,19H,4,9-15H2,1-3H3,(H,22,25)/p+1/t16-,17-/m1/s1. The smallest absolute Gasteiger partial charge is 0.251 e. The predicted octanol–water partition coefficient (Wildman–Crippen LogP) is 1.15. The Kier molecular flexibility index (Phi) is 6.78. The molecule has 1 aromatic rings. The minimum atomic E-state index is -3.51. The zero-order valence-electron chi connectivity index (χ0n) is 17.3. The number of piperidine rings is 2. The van der Waals surface area contributed by atoms with Gasteiger partial charge in [-0.1, -0.05) is 13.8 Å². The number of quaternary nitrogens is 1. The molecule has 0 unspecified atom stereocenters. The van der Waals surface area contributed by atoms with Gasteiger partial charge in [-0.3, -0.25) is 4.79 Å². The van der Waals surface area contributed by atoms with E-state index >= 15 is 0 Å². The van der Waals surface area contributed by atoms with E-state index in [0.717, 1.165) is 38.9 Å². The van der Waals surface area contributed by atoms with Gasteiger partial charge in [0.05, 0.1) is 24.5 Å². The van der Waals surface area contributed by atoms with Gasteiger partial charge in [0.1, 0.15) is 0 Å². The lowest BCUT2D eigenvalue weighted by Gasteiger charge is -2.34. The first kappa shape index (κ1) is 21.3. The molecule has 1 amide bonds. The molecule has 2 atom stereocenters. The second-order valence-electron chi connectivity index (χ2n) is 8.64. The SMILES string of the molecule is CC[NH+]1CCC(NC(=O)c2ccc(S(=O)(=O)N3C[C@H](C)C[C@@H](C)C3)cc2)CC1. The number of hydrogen-bond donors (Lipinski definition) is 2. The number of likely N-dealkylation sites (tertiary alicyclic amines) is 1. The third-order valence-electron chi connectivity index (χ3n) is 6.12. The lowest BCUT2D eigenvalue weighted by atomic mass is 9.94. The van der Waals surface area contributed by atoms with Gasteiger partial charge in [-0.15, -0.1) is 0 Å². The van der Waals surface area contributed by atoms with Crippen LogP contribution in [0.2, 0.25) is 0 Å². The molecular formula is C21H34N3O3S+. The maximum absolute atomic E-state index is 13.0. The zero-order valence-corrected chi connectivity index (χ0v) is 18.1. The highest BCUT2D eigenvalue weighted by molar-refractivity contribution is 7.89. The molecule has 28 heavy (non-hydrogen) atoms. The van der Waals surface area contributed by atoms with E-state index in [4.69, 9.17) is 0 Å². The number of sulfonamides is 1. The van der Waals surface area contributed by atoms with Crippen LogP contribution in [0.4, 0.5) is 0 Å². The molecule has 3 rings (SSSR count). The van der Waals surface area contributed by atoms with Gasteiger partial charge in [-0.05, 0) is 49.4 Å². The van der Waals surface area contributed by atoms with Crippen LogP contribution in [0, 0.1) is 11.8 Å². The van der Waals surface area contributed by atoms with E-state index in [1.54, 1.807) is 33.5 Å². The van der Waals surface area contributed by atoms with Gasteiger partial charge in [0, 0.05) is 37.5 Å². The molecule has 1 aromatic carbocycles. The number of amides is 1. The van der Waals surface area contributed by atoms with Crippen molar-refractivity contribution >= 4 is 15.9 Å². The van der Waals surface area contributed by atoms with Gasteiger partial charge in [-0.25, -0.2) is 8.42 Å². The van der Waals surface area contributed by atoms with Crippen LogP contribution in [0.15, 0.2) is 29.2 Å². The van der Waals surface area contributed by atoms with Gasteiger partial charge in [0.15, 0.2) is 0 Å². The Bertz CT molecular complexity index is 761. The fraction of sp³-hybridized carbons (Fsp3) is 0.667. The summed E-state index contributed by atoms with van der Waals surface area (Å²) in [5.74, 6) is 0.614. The summed E-state index contributed by atoms with van der Waals surface area (Å²) in [6.45, 7) is 10.8. The molecule has 2 heterocycles. The van der Waals surface area contributed by atoms with Gasteiger partial charge < -0.3 is 10.2 Å². The maximum atomic E-state index is 13.0. The molecule has 0 saturated carbocycles.